The molecule has 0 bridgehead atoms. The largest absolute Gasteiger partial charge is 0.472 e. The third-order valence-corrected chi connectivity index (χ3v) is 2.57. The maximum absolute atomic E-state index is 9.91. The van der Waals surface area contributed by atoms with Crippen LogP contribution in [0.1, 0.15) is 25.3 Å². The predicted molar refractivity (Wildman–Crippen MR) is 45.8 cm³/mol. The normalized spacial score (nSPS) is 34.7. The van der Waals surface area contributed by atoms with Gasteiger partial charge >= 0.3 is 0 Å². The first-order chi connectivity index (χ1) is 5.68. The molecule has 1 aromatic rings. The Hall–Kier alpha value is -0.760. The molecule has 12 heavy (non-hydrogen) atoms. The Balaban J connectivity index is 1.96. The molecule has 2 rings (SSSR count). The van der Waals surface area contributed by atoms with Gasteiger partial charge in [0.25, 0.3) is 0 Å². The fourth-order valence-electron chi connectivity index (χ4n) is 2.16. The van der Waals surface area contributed by atoms with Crippen molar-refractivity contribution in [1.82, 2.24) is 0 Å². The second kappa shape index (κ2) is 2.63. The van der Waals surface area contributed by atoms with Crippen LogP contribution in [0.25, 0.3) is 0 Å². The van der Waals surface area contributed by atoms with Crippen LogP contribution in [-0.2, 0) is 6.42 Å². The lowest BCUT2D eigenvalue weighted by atomic mass is 9.69. The molecule has 1 fully saturated rings. The van der Waals surface area contributed by atoms with E-state index in [2.05, 4.69) is 6.92 Å². The molecule has 0 spiro atoms. The molecule has 2 heteroatoms. The van der Waals surface area contributed by atoms with Crippen molar-refractivity contribution in [2.75, 3.05) is 0 Å². The van der Waals surface area contributed by atoms with Gasteiger partial charge in [-0.05, 0) is 30.4 Å². The predicted octanol–water partition coefficient (Wildman–Crippen LogP) is 1.98. The van der Waals surface area contributed by atoms with Gasteiger partial charge in [-0.25, -0.2) is 0 Å². The van der Waals surface area contributed by atoms with Gasteiger partial charge in [-0.2, -0.15) is 0 Å². The molecule has 0 atom stereocenters. The molecule has 0 aromatic carbocycles. The summed E-state index contributed by atoms with van der Waals surface area (Å²) in [6.07, 6.45) is 5.96. The third-order valence-electron chi connectivity index (χ3n) is 2.57. The number of rotatable bonds is 2. The van der Waals surface area contributed by atoms with E-state index >= 15 is 0 Å². The van der Waals surface area contributed by atoms with Gasteiger partial charge in [-0.3, -0.25) is 0 Å². The fourth-order valence-corrected chi connectivity index (χ4v) is 2.16. The van der Waals surface area contributed by atoms with E-state index < -0.39 is 5.60 Å². The van der Waals surface area contributed by atoms with Crippen molar-refractivity contribution in [3.05, 3.63) is 24.2 Å². The molecule has 1 N–H and O–H groups in total. The second-order valence-electron chi connectivity index (χ2n) is 4.05. The molecule has 0 aliphatic heterocycles. The summed E-state index contributed by atoms with van der Waals surface area (Å²) >= 11 is 0. The van der Waals surface area contributed by atoms with Crippen LogP contribution in [0.2, 0.25) is 0 Å². The second-order valence-corrected chi connectivity index (χ2v) is 4.05. The van der Waals surface area contributed by atoms with E-state index in [0.717, 1.165) is 24.8 Å². The molecular weight excluding hydrogens is 152 g/mol. The average Bonchev–Trinajstić information content (AvgIpc) is 2.36. The van der Waals surface area contributed by atoms with Gasteiger partial charge in [-0.1, -0.05) is 6.92 Å². The lowest BCUT2D eigenvalue weighted by Crippen LogP contribution is -2.44. The van der Waals surface area contributed by atoms with E-state index in [1.54, 1.807) is 12.5 Å². The number of hydrogen-bond donors (Lipinski definition) is 1. The van der Waals surface area contributed by atoms with Crippen LogP contribution < -0.4 is 0 Å². The Morgan fingerprint density at radius 1 is 1.67 bits per heavy atom. The summed E-state index contributed by atoms with van der Waals surface area (Å²) in [5.74, 6) is 0.682. The van der Waals surface area contributed by atoms with Crippen LogP contribution in [0.4, 0.5) is 0 Å². The fraction of sp³-hybridized carbons (Fsp3) is 0.600. The van der Waals surface area contributed by atoms with Gasteiger partial charge in [-0.15, -0.1) is 0 Å². The lowest BCUT2D eigenvalue weighted by Gasteiger charge is -2.42. The van der Waals surface area contributed by atoms with Crippen molar-refractivity contribution in [3.8, 4) is 0 Å². The Morgan fingerprint density at radius 2 is 2.42 bits per heavy atom. The summed E-state index contributed by atoms with van der Waals surface area (Å²) in [5.41, 5.74) is 0.660. The maximum atomic E-state index is 9.91. The number of furan rings is 1. The van der Waals surface area contributed by atoms with Crippen LogP contribution in [0.3, 0.4) is 0 Å². The molecule has 1 aliphatic rings. The van der Waals surface area contributed by atoms with E-state index in [0.29, 0.717) is 5.92 Å². The third kappa shape index (κ3) is 1.39. The molecule has 0 amide bonds. The van der Waals surface area contributed by atoms with Crippen molar-refractivity contribution in [1.29, 1.82) is 0 Å². The van der Waals surface area contributed by atoms with Gasteiger partial charge in [0, 0.05) is 6.42 Å². The van der Waals surface area contributed by atoms with Crippen LogP contribution in [0.5, 0.6) is 0 Å². The van der Waals surface area contributed by atoms with E-state index in [9.17, 15) is 5.11 Å². The summed E-state index contributed by atoms with van der Waals surface area (Å²) in [4.78, 5) is 0. The molecule has 1 heterocycles. The summed E-state index contributed by atoms with van der Waals surface area (Å²) < 4.78 is 4.94. The highest BCUT2D eigenvalue weighted by Gasteiger charge is 2.39. The van der Waals surface area contributed by atoms with Gasteiger partial charge < -0.3 is 9.52 Å². The van der Waals surface area contributed by atoms with Crippen molar-refractivity contribution >= 4 is 0 Å². The van der Waals surface area contributed by atoms with Gasteiger partial charge in [0.1, 0.15) is 0 Å². The van der Waals surface area contributed by atoms with E-state index in [4.69, 9.17) is 4.42 Å². The highest BCUT2D eigenvalue weighted by molar-refractivity contribution is 5.11. The first-order valence-electron chi connectivity index (χ1n) is 4.41. The zero-order valence-electron chi connectivity index (χ0n) is 7.29. The molecule has 1 aromatic heterocycles. The van der Waals surface area contributed by atoms with Crippen LogP contribution in [-0.4, -0.2) is 10.7 Å². The Bertz CT molecular complexity index is 245. The topological polar surface area (TPSA) is 33.4 Å². The van der Waals surface area contributed by atoms with Crippen LogP contribution in [0, 0.1) is 5.92 Å². The van der Waals surface area contributed by atoms with Crippen molar-refractivity contribution < 1.29 is 9.52 Å². The first-order valence-corrected chi connectivity index (χ1v) is 4.41. The summed E-state index contributed by atoms with van der Waals surface area (Å²) in [6.45, 7) is 2.17. The summed E-state index contributed by atoms with van der Waals surface area (Å²) in [7, 11) is 0. The quantitative estimate of drug-likeness (QED) is 0.728. The Kier molecular flexibility index (Phi) is 1.72. The molecule has 1 aliphatic carbocycles. The minimum Gasteiger partial charge on any atom is -0.472 e. The van der Waals surface area contributed by atoms with Crippen LogP contribution >= 0.6 is 0 Å². The highest BCUT2D eigenvalue weighted by atomic mass is 16.3. The zero-order valence-corrected chi connectivity index (χ0v) is 7.29. The molecular formula is C10H14O2. The van der Waals surface area contributed by atoms with Crippen molar-refractivity contribution in [2.45, 2.75) is 31.8 Å². The van der Waals surface area contributed by atoms with E-state index in [1.165, 1.54) is 0 Å². The molecule has 66 valence electrons. The zero-order chi connectivity index (χ0) is 8.60. The number of hydrogen-bond acceptors (Lipinski definition) is 2. The van der Waals surface area contributed by atoms with E-state index in [-0.39, 0.29) is 0 Å². The summed E-state index contributed by atoms with van der Waals surface area (Å²) in [6, 6.07) is 1.92. The molecule has 1 saturated carbocycles. The monoisotopic (exact) mass is 166 g/mol. The lowest BCUT2D eigenvalue weighted by molar-refractivity contribution is -0.0666. The molecule has 0 radical (unpaired) electrons. The Morgan fingerprint density at radius 3 is 2.92 bits per heavy atom. The van der Waals surface area contributed by atoms with Crippen LogP contribution in [0.15, 0.2) is 23.0 Å². The minimum atomic E-state index is -0.441. The summed E-state index contributed by atoms with van der Waals surface area (Å²) in [5, 5.41) is 9.91. The minimum absolute atomic E-state index is 0.441. The number of aliphatic hydroxyl groups is 1. The molecule has 0 unspecified atom stereocenters. The molecule has 2 nitrogen and oxygen atoms in total. The van der Waals surface area contributed by atoms with Gasteiger partial charge in [0.05, 0.1) is 18.1 Å². The SMILES string of the molecule is CC1CC(O)(Cc2ccoc2)C1. The van der Waals surface area contributed by atoms with Gasteiger partial charge in [0.2, 0.25) is 0 Å². The average molecular weight is 166 g/mol. The standard InChI is InChI=1S/C10H14O2/c1-8-4-10(11,5-8)6-9-2-3-12-7-9/h2-3,7-8,11H,4-6H2,1H3. The van der Waals surface area contributed by atoms with Crippen molar-refractivity contribution in [3.63, 3.8) is 0 Å². The van der Waals surface area contributed by atoms with Gasteiger partial charge in [0.15, 0.2) is 0 Å². The van der Waals surface area contributed by atoms with Crippen molar-refractivity contribution in [2.24, 2.45) is 5.92 Å². The molecule has 0 saturated heterocycles. The smallest absolute Gasteiger partial charge is 0.0935 e. The highest BCUT2D eigenvalue weighted by Crippen LogP contribution is 2.39. The van der Waals surface area contributed by atoms with E-state index in [1.807, 2.05) is 6.07 Å². The Labute approximate surface area is 72.2 Å². The first kappa shape index (κ1) is 7.87. The maximum Gasteiger partial charge on any atom is 0.0935 e.